The summed E-state index contributed by atoms with van der Waals surface area (Å²) in [4.78, 5) is 66.9. The Labute approximate surface area is 315 Å². The molecule has 8 aromatic rings. The average molecular weight is 774 g/mol. The van der Waals surface area contributed by atoms with Gasteiger partial charge < -0.3 is 30.6 Å². The van der Waals surface area contributed by atoms with Gasteiger partial charge in [-0.05, 0) is 50.2 Å². The summed E-state index contributed by atoms with van der Waals surface area (Å²) in [5, 5.41) is 2.91. The minimum atomic E-state index is -0.438. The van der Waals surface area contributed by atoms with Gasteiger partial charge in [0, 0.05) is 71.4 Å². The number of nitrogens with zero attached hydrogens (tertiary/aromatic N) is 8. The van der Waals surface area contributed by atoms with Crippen molar-refractivity contribution in [3.05, 3.63) is 123 Å². The zero-order valence-electron chi connectivity index (χ0n) is 30.3. The van der Waals surface area contributed by atoms with Crippen molar-refractivity contribution in [3.63, 3.8) is 0 Å². The summed E-state index contributed by atoms with van der Waals surface area (Å²) in [6, 6.07) is 14.0. The summed E-state index contributed by atoms with van der Waals surface area (Å²) in [6.45, 7) is 3.77. The Bertz CT molecular complexity index is 2820. The zero-order chi connectivity index (χ0) is 38.9. The molecule has 0 amide bonds. The molecule has 0 spiro atoms. The van der Waals surface area contributed by atoms with E-state index in [2.05, 4.69) is 19.9 Å². The van der Waals surface area contributed by atoms with Crippen LogP contribution in [0.3, 0.4) is 0 Å². The van der Waals surface area contributed by atoms with Crippen molar-refractivity contribution >= 4 is 67.3 Å². The fraction of sp³-hybridized carbons (Fsp3) is 0.278. The van der Waals surface area contributed by atoms with E-state index in [1.807, 2.05) is 36.4 Å². The molecule has 0 bridgehead atoms. The number of nitrogens with one attached hydrogen (secondary N) is 2. The van der Waals surface area contributed by atoms with Crippen molar-refractivity contribution in [2.75, 3.05) is 0 Å². The molecule has 16 nitrogen and oxygen atoms in total. The standard InChI is InChI=1S/2C18H19ClN6O2/c2*1-9(20)15-22-16-14(23(15)2)17(26)25(18(27)24(16)3)8-10-7-11-12(19)5-4-6-13(11)21-10/h2*4-7,9,21H,8,20H2,1-3H3/t2*9-/m10/s1. The van der Waals surface area contributed by atoms with Crippen molar-refractivity contribution in [1.82, 2.24) is 47.3 Å². The zero-order valence-corrected chi connectivity index (χ0v) is 31.8. The fourth-order valence-electron chi connectivity index (χ4n) is 6.88. The van der Waals surface area contributed by atoms with Crippen LogP contribution in [0.5, 0.6) is 0 Å². The minimum Gasteiger partial charge on any atom is -0.357 e. The Morgan fingerprint density at radius 1 is 0.630 bits per heavy atom. The van der Waals surface area contributed by atoms with E-state index >= 15 is 0 Å². The van der Waals surface area contributed by atoms with Gasteiger partial charge in [0.05, 0.1) is 25.2 Å². The molecule has 0 unspecified atom stereocenters. The van der Waals surface area contributed by atoms with Crippen LogP contribution in [-0.4, -0.2) is 47.3 Å². The predicted octanol–water partition coefficient (Wildman–Crippen LogP) is 3.27. The molecule has 6 N–H and O–H groups in total. The molecular weight excluding hydrogens is 735 g/mol. The van der Waals surface area contributed by atoms with Gasteiger partial charge in [0.2, 0.25) is 0 Å². The summed E-state index contributed by atoms with van der Waals surface area (Å²) in [5.41, 5.74) is 14.7. The van der Waals surface area contributed by atoms with E-state index in [0.717, 1.165) is 21.8 Å². The number of aromatic nitrogens is 10. The van der Waals surface area contributed by atoms with Gasteiger partial charge in [-0.3, -0.25) is 27.9 Å². The average Bonchev–Trinajstić information content (AvgIpc) is 3.90. The summed E-state index contributed by atoms with van der Waals surface area (Å²) < 4.78 is 8.43. The van der Waals surface area contributed by atoms with Crippen molar-refractivity contribution < 1.29 is 0 Å². The molecule has 0 aliphatic heterocycles. The SMILES string of the molecule is C[C@@H](N)c1nc2c(c(=O)n(Cc3cc4c(Cl)cccc4[nH]3)c(=O)n2C)n1C.C[C@H](N)c1nc2c(c(=O)n(Cc3cc4c(Cl)cccc4[nH]3)c(=O)n2C)n1C. The number of hydrogen-bond acceptors (Lipinski definition) is 8. The number of fused-ring (bicyclic) bond motifs is 4. The van der Waals surface area contributed by atoms with Gasteiger partial charge in [0.15, 0.2) is 22.3 Å². The molecule has 8 rings (SSSR count). The van der Waals surface area contributed by atoms with Crippen molar-refractivity contribution in [2.45, 2.75) is 39.0 Å². The summed E-state index contributed by atoms with van der Waals surface area (Å²) in [7, 11) is 6.65. The van der Waals surface area contributed by atoms with E-state index in [0.29, 0.717) is 55.4 Å². The van der Waals surface area contributed by atoms with Gasteiger partial charge in [-0.1, -0.05) is 35.3 Å². The lowest BCUT2D eigenvalue weighted by Crippen LogP contribution is -2.39. The number of halogens is 2. The molecule has 0 radical (unpaired) electrons. The van der Waals surface area contributed by atoms with Crippen LogP contribution in [0.15, 0.2) is 67.7 Å². The molecule has 18 heteroatoms. The Morgan fingerprint density at radius 3 is 1.33 bits per heavy atom. The molecule has 2 aromatic carbocycles. The summed E-state index contributed by atoms with van der Waals surface area (Å²) in [6.07, 6.45) is 0. The topological polar surface area (TPSA) is 207 Å². The van der Waals surface area contributed by atoms with Crippen LogP contribution in [0.1, 0.15) is 49.0 Å². The molecule has 54 heavy (non-hydrogen) atoms. The highest BCUT2D eigenvalue weighted by Crippen LogP contribution is 2.25. The lowest BCUT2D eigenvalue weighted by Gasteiger charge is -2.08. The van der Waals surface area contributed by atoms with Gasteiger partial charge in [0.1, 0.15) is 11.6 Å². The molecular formula is C36H38Cl2N12O4. The normalized spacial score (nSPS) is 12.9. The van der Waals surface area contributed by atoms with E-state index in [1.165, 1.54) is 18.3 Å². The van der Waals surface area contributed by atoms with Crippen LogP contribution in [0.4, 0.5) is 0 Å². The van der Waals surface area contributed by atoms with Gasteiger partial charge in [-0.2, -0.15) is 0 Å². The lowest BCUT2D eigenvalue weighted by molar-refractivity contribution is 0.647. The fourth-order valence-corrected chi connectivity index (χ4v) is 7.34. The van der Waals surface area contributed by atoms with Gasteiger partial charge in [-0.25, -0.2) is 19.6 Å². The van der Waals surface area contributed by atoms with Crippen LogP contribution in [-0.2, 0) is 41.3 Å². The lowest BCUT2D eigenvalue weighted by atomic mass is 10.2. The highest BCUT2D eigenvalue weighted by molar-refractivity contribution is 6.35. The van der Waals surface area contributed by atoms with Gasteiger partial charge in [-0.15, -0.1) is 0 Å². The first kappa shape index (κ1) is 36.7. The number of imidazole rings is 2. The van der Waals surface area contributed by atoms with E-state index in [1.54, 1.807) is 63.3 Å². The maximum atomic E-state index is 13.1. The summed E-state index contributed by atoms with van der Waals surface area (Å²) in [5.74, 6) is 1.10. The number of rotatable bonds is 6. The van der Waals surface area contributed by atoms with Crippen molar-refractivity contribution in [3.8, 4) is 0 Å². The molecule has 0 saturated heterocycles. The molecule has 0 aliphatic rings. The van der Waals surface area contributed by atoms with E-state index < -0.39 is 22.5 Å². The van der Waals surface area contributed by atoms with Crippen LogP contribution in [0.25, 0.3) is 44.1 Å². The first-order valence-corrected chi connectivity index (χ1v) is 17.7. The largest absolute Gasteiger partial charge is 0.357 e. The van der Waals surface area contributed by atoms with Crippen molar-refractivity contribution in [1.29, 1.82) is 0 Å². The second kappa shape index (κ2) is 13.6. The highest BCUT2D eigenvalue weighted by atomic mass is 35.5. The van der Waals surface area contributed by atoms with Gasteiger partial charge in [0.25, 0.3) is 11.1 Å². The Morgan fingerprint density at radius 2 is 1.00 bits per heavy atom. The van der Waals surface area contributed by atoms with Crippen molar-refractivity contribution in [2.24, 2.45) is 39.7 Å². The summed E-state index contributed by atoms with van der Waals surface area (Å²) >= 11 is 12.4. The Kier molecular flexibility index (Phi) is 9.25. The maximum absolute atomic E-state index is 13.1. The quantitative estimate of drug-likeness (QED) is 0.197. The molecule has 6 aromatic heterocycles. The molecule has 0 aliphatic carbocycles. The van der Waals surface area contributed by atoms with Crippen LogP contribution in [0.2, 0.25) is 10.0 Å². The first-order chi connectivity index (χ1) is 25.6. The number of aromatic amines is 2. The maximum Gasteiger partial charge on any atom is 0.332 e. The third-order valence-corrected chi connectivity index (χ3v) is 10.3. The van der Waals surface area contributed by atoms with Crippen LogP contribution >= 0.6 is 23.2 Å². The van der Waals surface area contributed by atoms with E-state index in [4.69, 9.17) is 34.7 Å². The van der Waals surface area contributed by atoms with Crippen LogP contribution < -0.4 is 34.0 Å². The van der Waals surface area contributed by atoms with Crippen LogP contribution in [0, 0.1) is 0 Å². The minimum absolute atomic E-state index is 0.102. The third kappa shape index (κ3) is 5.96. The monoisotopic (exact) mass is 772 g/mol. The first-order valence-electron chi connectivity index (χ1n) is 16.9. The third-order valence-electron chi connectivity index (χ3n) is 9.59. The number of aryl methyl sites for hydroxylation is 4. The molecule has 6 heterocycles. The second-order valence-corrected chi connectivity index (χ2v) is 14.3. The Balaban J connectivity index is 0.000000167. The number of benzene rings is 2. The predicted molar refractivity (Wildman–Crippen MR) is 210 cm³/mol. The number of hydrogen-bond donors (Lipinski definition) is 4. The molecule has 0 fully saturated rings. The highest BCUT2D eigenvalue weighted by Gasteiger charge is 2.22. The van der Waals surface area contributed by atoms with Gasteiger partial charge >= 0.3 is 11.4 Å². The molecule has 0 saturated carbocycles. The molecule has 280 valence electrons. The second-order valence-electron chi connectivity index (χ2n) is 13.4. The Hall–Kier alpha value is -5.68. The molecule has 2 atom stereocenters. The number of H-pyrrole nitrogens is 2. The van der Waals surface area contributed by atoms with E-state index in [9.17, 15) is 19.2 Å². The van der Waals surface area contributed by atoms with E-state index in [-0.39, 0.29) is 25.2 Å². The number of nitrogens with two attached hydrogens (primary N) is 2. The smallest absolute Gasteiger partial charge is 0.332 e.